The van der Waals surface area contributed by atoms with Crippen molar-refractivity contribution in [1.82, 2.24) is 14.5 Å². The Morgan fingerprint density at radius 3 is 2.73 bits per heavy atom. The molecule has 154 valence electrons. The van der Waals surface area contributed by atoms with Gasteiger partial charge in [-0.1, -0.05) is 23.8 Å². The monoisotopic (exact) mass is 404 g/mol. The van der Waals surface area contributed by atoms with E-state index in [0.29, 0.717) is 30.2 Å². The zero-order valence-corrected chi connectivity index (χ0v) is 16.7. The third kappa shape index (κ3) is 4.72. The van der Waals surface area contributed by atoms with E-state index in [1.54, 1.807) is 23.0 Å². The number of rotatable bonds is 3. The molecule has 9 nitrogen and oxygen atoms in total. The quantitative estimate of drug-likeness (QED) is 0.639. The number of aryl methyl sites for hydroxylation is 1. The molecular weight excluding hydrogens is 380 g/mol. The van der Waals surface area contributed by atoms with Crippen LogP contribution in [0.15, 0.2) is 36.7 Å². The summed E-state index contributed by atoms with van der Waals surface area (Å²) in [6.45, 7) is 5.17. The minimum absolute atomic E-state index is 0. The average molecular weight is 404 g/mol. The Labute approximate surface area is 175 Å². The molecule has 0 amide bonds. The molecular formula is C21H24N8O. The molecule has 0 saturated carbocycles. The summed E-state index contributed by atoms with van der Waals surface area (Å²) in [5.74, 6) is 0.439. The van der Waals surface area contributed by atoms with Gasteiger partial charge < -0.3 is 19.9 Å². The number of hydrogen-bond donors (Lipinski definition) is 2. The molecule has 4 rings (SSSR count). The van der Waals surface area contributed by atoms with Gasteiger partial charge in [0.15, 0.2) is 5.65 Å². The summed E-state index contributed by atoms with van der Waals surface area (Å²) in [6, 6.07) is 13.1. The lowest BCUT2D eigenvalue weighted by atomic mass is 10.1. The predicted octanol–water partition coefficient (Wildman–Crippen LogP) is 2.51. The number of morpholine rings is 1. The van der Waals surface area contributed by atoms with E-state index in [0.717, 1.165) is 29.9 Å². The van der Waals surface area contributed by atoms with E-state index in [-0.39, 0.29) is 13.7 Å². The van der Waals surface area contributed by atoms with Crippen molar-refractivity contribution in [1.29, 1.82) is 15.9 Å². The van der Waals surface area contributed by atoms with Gasteiger partial charge >= 0.3 is 0 Å². The zero-order valence-electron chi connectivity index (χ0n) is 16.7. The molecule has 1 aromatic carbocycles. The Balaban J connectivity index is 0.000000245. The van der Waals surface area contributed by atoms with Gasteiger partial charge in [0.25, 0.3) is 0 Å². The largest absolute Gasteiger partial charge is 0.384 e. The number of fused-ring (bicyclic) bond motifs is 1. The van der Waals surface area contributed by atoms with Crippen LogP contribution in [0.25, 0.3) is 11.2 Å². The summed E-state index contributed by atoms with van der Waals surface area (Å²) in [5, 5.41) is 24.4. The molecule has 1 aliphatic heterocycles. The van der Waals surface area contributed by atoms with Crippen molar-refractivity contribution in [3.63, 3.8) is 0 Å². The fourth-order valence-corrected chi connectivity index (χ4v) is 3.14. The number of aromatic nitrogens is 3. The van der Waals surface area contributed by atoms with Gasteiger partial charge in [0.1, 0.15) is 29.7 Å². The molecule has 0 unspecified atom stereocenters. The number of hydrogen-bond acceptors (Lipinski definition) is 8. The molecule has 3 aromatic rings. The number of ether oxygens (including phenoxy) is 1. The highest BCUT2D eigenvalue weighted by Crippen LogP contribution is 2.27. The average Bonchev–Trinajstić information content (AvgIpc) is 3.16. The molecule has 0 bridgehead atoms. The van der Waals surface area contributed by atoms with Crippen molar-refractivity contribution in [2.45, 2.75) is 13.5 Å². The van der Waals surface area contributed by atoms with Crippen LogP contribution in [0.5, 0.6) is 0 Å². The number of nitrogen functional groups attached to an aromatic ring is 1. The van der Waals surface area contributed by atoms with E-state index in [1.807, 2.05) is 31.2 Å². The molecule has 0 aliphatic carbocycles. The highest BCUT2D eigenvalue weighted by molar-refractivity contribution is 6.09. The Hall–Kier alpha value is -3.95. The number of anilines is 2. The molecule has 30 heavy (non-hydrogen) atoms. The molecule has 3 heterocycles. The lowest BCUT2D eigenvalue weighted by Gasteiger charge is -2.29. The number of nitrogens with one attached hydrogen (secondary N) is 1. The van der Waals surface area contributed by atoms with Crippen LogP contribution >= 0.6 is 0 Å². The smallest absolute Gasteiger partial charge is 0.165 e. The van der Waals surface area contributed by atoms with Gasteiger partial charge in [0, 0.05) is 26.1 Å². The van der Waals surface area contributed by atoms with Crippen molar-refractivity contribution in [2.75, 3.05) is 36.9 Å². The zero-order chi connectivity index (χ0) is 21.5. The van der Waals surface area contributed by atoms with E-state index in [4.69, 9.17) is 26.4 Å². The third-order valence-electron chi connectivity index (χ3n) is 4.58. The van der Waals surface area contributed by atoms with Crippen LogP contribution in [0.1, 0.15) is 12.6 Å². The Bertz CT molecular complexity index is 1140. The van der Waals surface area contributed by atoms with Crippen molar-refractivity contribution in [3.05, 3.63) is 47.8 Å². The van der Waals surface area contributed by atoms with Crippen LogP contribution in [0.3, 0.4) is 0 Å². The number of nitriles is 2. The molecule has 3 N–H and O–H groups in total. The van der Waals surface area contributed by atoms with Crippen LogP contribution in [0.4, 0.5) is 11.5 Å². The predicted molar refractivity (Wildman–Crippen MR) is 116 cm³/mol. The third-order valence-corrected chi connectivity index (χ3v) is 4.58. The van der Waals surface area contributed by atoms with Crippen molar-refractivity contribution < 1.29 is 6.16 Å². The van der Waals surface area contributed by atoms with Crippen molar-refractivity contribution >= 4 is 28.4 Å². The standard InChI is InChI=1S/C12H14N6O.C9H8N2.H2/c13-1-2-18-8-15-11-9(7-10(14)16-12(11)18)17-3-5-19-6-4-17;1-7-3-2-4-8(5-7)9(11)6-10;/h7-8H,2-6H2,(H2,14,16);2-5,11H,1H3;1H. The van der Waals surface area contributed by atoms with Gasteiger partial charge in [-0.25, -0.2) is 9.97 Å². The maximum atomic E-state index is 8.80. The summed E-state index contributed by atoms with van der Waals surface area (Å²) in [5.41, 5.74) is 10.0. The van der Waals surface area contributed by atoms with E-state index in [9.17, 15) is 0 Å². The molecule has 0 atom stereocenters. The summed E-state index contributed by atoms with van der Waals surface area (Å²) in [4.78, 5) is 10.8. The summed E-state index contributed by atoms with van der Waals surface area (Å²) < 4.78 is 7.05. The van der Waals surface area contributed by atoms with Crippen molar-refractivity contribution in [3.8, 4) is 12.1 Å². The fourth-order valence-electron chi connectivity index (χ4n) is 3.14. The first-order valence-corrected chi connectivity index (χ1v) is 9.40. The number of nitrogens with two attached hydrogens (primary N) is 1. The second-order valence-corrected chi connectivity index (χ2v) is 6.72. The minimum atomic E-state index is 0. The van der Waals surface area contributed by atoms with Gasteiger partial charge in [-0.3, -0.25) is 5.41 Å². The highest BCUT2D eigenvalue weighted by atomic mass is 16.5. The first-order valence-electron chi connectivity index (χ1n) is 9.40. The van der Waals surface area contributed by atoms with Crippen LogP contribution in [0.2, 0.25) is 0 Å². The molecule has 0 spiro atoms. The molecule has 1 aliphatic rings. The second-order valence-electron chi connectivity index (χ2n) is 6.72. The number of imidazole rings is 1. The fraction of sp³-hybridized carbons (Fsp3) is 0.286. The Morgan fingerprint density at radius 1 is 1.30 bits per heavy atom. The summed E-state index contributed by atoms with van der Waals surface area (Å²) in [7, 11) is 0. The van der Waals surface area contributed by atoms with E-state index in [2.05, 4.69) is 20.9 Å². The summed E-state index contributed by atoms with van der Waals surface area (Å²) >= 11 is 0. The molecule has 9 heteroatoms. The summed E-state index contributed by atoms with van der Waals surface area (Å²) in [6.07, 6.45) is 1.63. The van der Waals surface area contributed by atoms with E-state index in [1.165, 1.54) is 0 Å². The number of pyridine rings is 1. The van der Waals surface area contributed by atoms with Crippen LogP contribution in [-0.4, -0.2) is 46.6 Å². The maximum Gasteiger partial charge on any atom is 0.165 e. The van der Waals surface area contributed by atoms with Gasteiger partial charge in [-0.05, 0) is 13.0 Å². The molecule has 2 aromatic heterocycles. The van der Waals surface area contributed by atoms with E-state index < -0.39 is 0 Å². The van der Waals surface area contributed by atoms with Crippen LogP contribution in [0, 0.1) is 35.0 Å². The SMILES string of the molecule is Cc1cccc(C(=N)C#N)c1.N#CCn1cnc2c(N3CCOCC3)cc(N)nc21.[HH]. The molecule has 0 radical (unpaired) electrons. The van der Waals surface area contributed by atoms with Gasteiger partial charge in [0.05, 0.1) is 31.3 Å². The van der Waals surface area contributed by atoms with Crippen molar-refractivity contribution in [2.24, 2.45) is 0 Å². The van der Waals surface area contributed by atoms with Gasteiger partial charge in [-0.2, -0.15) is 10.5 Å². The van der Waals surface area contributed by atoms with E-state index >= 15 is 0 Å². The Morgan fingerprint density at radius 2 is 2.07 bits per heavy atom. The first kappa shape index (κ1) is 20.8. The van der Waals surface area contributed by atoms with Crippen LogP contribution in [-0.2, 0) is 11.3 Å². The van der Waals surface area contributed by atoms with Gasteiger partial charge in [-0.15, -0.1) is 0 Å². The first-order chi connectivity index (χ1) is 14.5. The normalized spacial score (nSPS) is 13.1. The maximum absolute atomic E-state index is 8.80. The van der Waals surface area contributed by atoms with Crippen LogP contribution < -0.4 is 10.6 Å². The lowest BCUT2D eigenvalue weighted by Crippen LogP contribution is -2.36. The topological polar surface area (TPSA) is 141 Å². The highest BCUT2D eigenvalue weighted by Gasteiger charge is 2.18. The number of benzene rings is 1. The molecule has 1 saturated heterocycles. The lowest BCUT2D eigenvalue weighted by molar-refractivity contribution is 0.123. The minimum Gasteiger partial charge on any atom is -0.384 e. The van der Waals surface area contributed by atoms with Gasteiger partial charge in [0.2, 0.25) is 0 Å². The molecule has 1 fully saturated rings. The Kier molecular flexibility index (Phi) is 6.58. The number of nitrogens with zero attached hydrogens (tertiary/aromatic N) is 6. The second kappa shape index (κ2) is 9.50.